The number of carbonyl (C=O) groups excluding carboxylic acids is 1. The van der Waals surface area contributed by atoms with Gasteiger partial charge in [0, 0.05) is 63.3 Å². The van der Waals surface area contributed by atoms with E-state index in [1.807, 2.05) is 27.8 Å². The molecule has 6 nitrogen and oxygen atoms in total. The Balaban J connectivity index is 2.22. The lowest BCUT2D eigenvalue weighted by Gasteiger charge is -2.23. The number of halogens is 2. The molecule has 0 radical (unpaired) electrons. The number of hydrogen-bond donors (Lipinski definition) is 2. The molecule has 1 amide bonds. The first kappa shape index (κ1) is 25.8. The Labute approximate surface area is 185 Å². The van der Waals surface area contributed by atoms with Crippen LogP contribution in [0.1, 0.15) is 26.3 Å². The van der Waals surface area contributed by atoms with E-state index in [1.165, 1.54) is 5.56 Å². The molecule has 0 heterocycles. The molecule has 1 rings (SSSR count). The van der Waals surface area contributed by atoms with Crippen molar-refractivity contribution >= 4 is 35.0 Å². The summed E-state index contributed by atoms with van der Waals surface area (Å²) in [5.74, 6) is 1.17. The van der Waals surface area contributed by atoms with Crippen molar-refractivity contribution in [2.45, 2.75) is 32.9 Å². The third kappa shape index (κ3) is 12.2. The molecule has 0 spiro atoms. The van der Waals surface area contributed by atoms with Gasteiger partial charge in [0.05, 0.1) is 0 Å². The van der Waals surface area contributed by atoms with Crippen molar-refractivity contribution in [2.24, 2.45) is 0 Å². The quantitative estimate of drug-likeness (QED) is 0.358. The Morgan fingerprint density at radius 1 is 1.00 bits per heavy atom. The van der Waals surface area contributed by atoms with E-state index in [1.54, 1.807) is 0 Å². The average Bonchev–Trinajstić information content (AvgIpc) is 2.64. The van der Waals surface area contributed by atoms with Gasteiger partial charge < -0.3 is 25.2 Å². The highest BCUT2D eigenvalue weighted by molar-refractivity contribution is 6.18. The summed E-state index contributed by atoms with van der Waals surface area (Å²) in [7, 11) is 2.04. The minimum absolute atomic E-state index is 0.372. The molecule has 166 valence electrons. The number of amides is 1. The van der Waals surface area contributed by atoms with Crippen molar-refractivity contribution in [1.29, 1.82) is 0 Å². The summed E-state index contributed by atoms with van der Waals surface area (Å²) < 4.78 is 5.22. The Morgan fingerprint density at radius 3 is 2.14 bits per heavy atom. The number of nitrogens with one attached hydrogen (secondary N) is 2. The van der Waals surface area contributed by atoms with Crippen molar-refractivity contribution in [3.05, 3.63) is 29.8 Å². The fourth-order valence-corrected chi connectivity index (χ4v) is 3.08. The monoisotopic (exact) mass is 446 g/mol. The van der Waals surface area contributed by atoms with Crippen LogP contribution >= 0.6 is 23.2 Å². The highest BCUT2D eigenvalue weighted by atomic mass is 35.5. The first-order chi connectivity index (χ1) is 13.7. The number of anilines is 1. The molecule has 0 aliphatic heterocycles. The molecule has 2 N–H and O–H groups in total. The summed E-state index contributed by atoms with van der Waals surface area (Å²) in [5.41, 5.74) is 1.91. The van der Waals surface area contributed by atoms with Gasteiger partial charge in [0.15, 0.2) is 0 Å². The maximum atomic E-state index is 11.6. The number of rotatable bonds is 13. The second-order valence-corrected chi connectivity index (χ2v) is 8.70. The molecule has 0 unspecified atom stereocenters. The minimum Gasteiger partial charge on any atom is -0.444 e. The molecule has 0 fully saturated rings. The first-order valence-corrected chi connectivity index (χ1v) is 11.1. The number of alkyl carbamates (subject to hydrolysis) is 1. The van der Waals surface area contributed by atoms with Crippen molar-refractivity contribution in [3.8, 4) is 0 Å². The van der Waals surface area contributed by atoms with Gasteiger partial charge in [-0.25, -0.2) is 4.79 Å². The Kier molecular flexibility index (Phi) is 12.4. The molecule has 0 saturated carbocycles. The SMILES string of the molecule is CN(CCNCc1ccc(N(CCCl)CCCl)cc1)CCNC(=O)OC(C)(C)C. The van der Waals surface area contributed by atoms with Gasteiger partial charge in [-0.3, -0.25) is 0 Å². The summed E-state index contributed by atoms with van der Waals surface area (Å²) >= 11 is 11.7. The van der Waals surface area contributed by atoms with Crippen LogP contribution in [0.5, 0.6) is 0 Å². The number of hydrogen-bond acceptors (Lipinski definition) is 5. The highest BCUT2D eigenvalue weighted by Crippen LogP contribution is 2.15. The topological polar surface area (TPSA) is 56.8 Å². The summed E-state index contributed by atoms with van der Waals surface area (Å²) in [4.78, 5) is 16.0. The number of nitrogens with zero attached hydrogens (tertiary/aromatic N) is 2. The predicted molar refractivity (Wildman–Crippen MR) is 124 cm³/mol. The van der Waals surface area contributed by atoms with Gasteiger partial charge in [0.25, 0.3) is 0 Å². The molecule has 1 aromatic carbocycles. The van der Waals surface area contributed by atoms with E-state index in [4.69, 9.17) is 27.9 Å². The van der Waals surface area contributed by atoms with E-state index in [-0.39, 0.29) is 6.09 Å². The maximum absolute atomic E-state index is 11.6. The average molecular weight is 447 g/mol. The molecule has 8 heteroatoms. The fourth-order valence-electron chi connectivity index (χ4n) is 2.68. The van der Waals surface area contributed by atoms with Gasteiger partial charge in [-0.1, -0.05) is 12.1 Å². The number of benzene rings is 1. The molecule has 0 saturated heterocycles. The highest BCUT2D eigenvalue weighted by Gasteiger charge is 2.15. The summed E-state index contributed by atoms with van der Waals surface area (Å²) in [6.45, 7) is 11.1. The Morgan fingerprint density at radius 2 is 1.59 bits per heavy atom. The number of likely N-dealkylation sites (N-methyl/N-ethyl adjacent to an activating group) is 1. The zero-order chi connectivity index (χ0) is 21.7. The van der Waals surface area contributed by atoms with Crippen LogP contribution in [0.2, 0.25) is 0 Å². The lowest BCUT2D eigenvalue weighted by Crippen LogP contribution is -2.38. The van der Waals surface area contributed by atoms with Gasteiger partial charge in [-0.05, 0) is 45.5 Å². The van der Waals surface area contributed by atoms with Crippen LogP contribution in [-0.2, 0) is 11.3 Å². The van der Waals surface area contributed by atoms with Gasteiger partial charge in [-0.15, -0.1) is 23.2 Å². The molecule has 0 atom stereocenters. The lowest BCUT2D eigenvalue weighted by atomic mass is 10.2. The molecule has 0 aliphatic rings. The second-order valence-electron chi connectivity index (χ2n) is 7.94. The van der Waals surface area contributed by atoms with Crippen LogP contribution in [0.15, 0.2) is 24.3 Å². The normalized spacial score (nSPS) is 11.6. The number of carbonyl (C=O) groups is 1. The second kappa shape index (κ2) is 13.9. The van der Waals surface area contributed by atoms with Crippen molar-refractivity contribution in [1.82, 2.24) is 15.5 Å². The summed E-state index contributed by atoms with van der Waals surface area (Å²) in [6.07, 6.45) is -0.372. The molecular formula is C21H36Cl2N4O2. The van der Waals surface area contributed by atoms with Gasteiger partial charge in [0.2, 0.25) is 0 Å². The molecule has 0 aromatic heterocycles. The zero-order valence-corrected chi connectivity index (χ0v) is 19.7. The van der Waals surface area contributed by atoms with Crippen molar-refractivity contribution in [2.75, 3.05) is 63.0 Å². The van der Waals surface area contributed by atoms with Gasteiger partial charge in [0.1, 0.15) is 5.60 Å². The molecule has 1 aromatic rings. The first-order valence-electron chi connectivity index (χ1n) is 10.1. The van der Waals surface area contributed by atoms with Crippen LogP contribution in [0.3, 0.4) is 0 Å². The van der Waals surface area contributed by atoms with E-state index >= 15 is 0 Å². The lowest BCUT2D eigenvalue weighted by molar-refractivity contribution is 0.0523. The van der Waals surface area contributed by atoms with Crippen LogP contribution in [0.4, 0.5) is 10.5 Å². The van der Waals surface area contributed by atoms with E-state index in [0.717, 1.165) is 45.0 Å². The van der Waals surface area contributed by atoms with Gasteiger partial charge in [-0.2, -0.15) is 0 Å². The zero-order valence-electron chi connectivity index (χ0n) is 18.1. The standard InChI is InChI=1S/C21H36Cl2N4O2/c1-21(2,3)29-20(28)25-12-16-26(4)15-11-24-17-18-5-7-19(8-6-18)27(13-9-22)14-10-23/h5-8,24H,9-17H2,1-4H3,(H,25,28). The van der Waals surface area contributed by atoms with Crippen LogP contribution in [-0.4, -0.2) is 74.7 Å². The number of ether oxygens (including phenoxy) is 1. The molecule has 0 aliphatic carbocycles. The van der Waals surface area contributed by atoms with E-state index in [9.17, 15) is 4.79 Å². The molecular weight excluding hydrogens is 411 g/mol. The van der Waals surface area contributed by atoms with E-state index in [0.29, 0.717) is 18.3 Å². The largest absolute Gasteiger partial charge is 0.444 e. The molecule has 0 bridgehead atoms. The summed E-state index contributed by atoms with van der Waals surface area (Å²) in [5, 5.41) is 6.23. The summed E-state index contributed by atoms with van der Waals surface area (Å²) in [6, 6.07) is 8.49. The Bertz CT molecular complexity index is 573. The smallest absolute Gasteiger partial charge is 0.407 e. The van der Waals surface area contributed by atoms with Crippen LogP contribution < -0.4 is 15.5 Å². The van der Waals surface area contributed by atoms with Crippen molar-refractivity contribution in [3.63, 3.8) is 0 Å². The predicted octanol–water partition coefficient (Wildman–Crippen LogP) is 3.52. The third-order valence-electron chi connectivity index (χ3n) is 4.17. The minimum atomic E-state index is -0.468. The third-order valence-corrected chi connectivity index (χ3v) is 4.51. The van der Waals surface area contributed by atoms with Crippen LogP contribution in [0, 0.1) is 0 Å². The van der Waals surface area contributed by atoms with E-state index in [2.05, 4.69) is 44.7 Å². The molecule has 29 heavy (non-hydrogen) atoms. The van der Waals surface area contributed by atoms with Crippen molar-refractivity contribution < 1.29 is 9.53 Å². The number of alkyl halides is 2. The van der Waals surface area contributed by atoms with Gasteiger partial charge >= 0.3 is 6.09 Å². The Hall–Kier alpha value is -1.21. The fraction of sp³-hybridized carbons (Fsp3) is 0.667. The van der Waals surface area contributed by atoms with Crippen LogP contribution in [0.25, 0.3) is 0 Å². The van der Waals surface area contributed by atoms with E-state index < -0.39 is 5.60 Å². The maximum Gasteiger partial charge on any atom is 0.407 e.